The molecule has 3 atom stereocenters. The zero-order valence-electron chi connectivity index (χ0n) is 14.8. The molecule has 0 aliphatic carbocycles. The highest BCUT2D eigenvalue weighted by molar-refractivity contribution is 8.00. The number of benzene rings is 1. The molecule has 0 aromatic heterocycles. The molecular weight excluding hydrogens is 322 g/mol. The van der Waals surface area contributed by atoms with Crippen LogP contribution in [0.3, 0.4) is 0 Å². The Kier molecular flexibility index (Phi) is 5.59. The largest absolute Gasteiger partial charge is 0.490 e. The van der Waals surface area contributed by atoms with Crippen LogP contribution in [0.25, 0.3) is 0 Å². The average molecular weight is 349 g/mol. The number of hydrogen-bond donors (Lipinski definition) is 0. The second-order valence-corrected chi connectivity index (χ2v) is 8.52. The topological polar surface area (TPSA) is 38.8 Å². The number of amides is 1. The summed E-state index contributed by atoms with van der Waals surface area (Å²) >= 11 is 1.60. The summed E-state index contributed by atoms with van der Waals surface area (Å²) in [6.07, 6.45) is 2.12. The second kappa shape index (κ2) is 7.68. The van der Waals surface area contributed by atoms with Gasteiger partial charge in [-0.25, -0.2) is 0 Å². The van der Waals surface area contributed by atoms with Gasteiger partial charge in [-0.3, -0.25) is 4.79 Å². The Morgan fingerprint density at radius 1 is 1.17 bits per heavy atom. The third-order valence-electron chi connectivity index (χ3n) is 4.56. The first-order chi connectivity index (χ1) is 11.5. The van der Waals surface area contributed by atoms with Gasteiger partial charge in [-0.2, -0.15) is 0 Å². The van der Waals surface area contributed by atoms with Crippen LogP contribution in [0.2, 0.25) is 0 Å². The molecule has 4 nitrogen and oxygen atoms in total. The summed E-state index contributed by atoms with van der Waals surface area (Å²) < 4.78 is 11.4. The second-order valence-electron chi connectivity index (χ2n) is 7.11. The minimum atomic E-state index is -0.0905. The lowest BCUT2D eigenvalue weighted by molar-refractivity contribution is -0.132. The van der Waals surface area contributed by atoms with Crippen LogP contribution in [0.4, 0.5) is 0 Å². The van der Waals surface area contributed by atoms with Crippen molar-refractivity contribution in [1.29, 1.82) is 0 Å². The average Bonchev–Trinajstić information content (AvgIpc) is 2.78. The molecule has 1 aromatic carbocycles. The lowest BCUT2D eigenvalue weighted by Gasteiger charge is -2.36. The molecule has 2 aliphatic rings. The van der Waals surface area contributed by atoms with Crippen molar-refractivity contribution in [2.75, 3.05) is 26.3 Å². The molecule has 3 unspecified atom stereocenters. The third kappa shape index (κ3) is 4.18. The molecule has 1 aromatic rings. The standard InChI is InChI=1S/C19H27NO3S/c1-13-9-14(2)12-20(11-13)19(21)15(3)24-16-5-6-17-18(10-16)23-8-4-7-22-17/h5-6,10,13-15H,4,7-9,11-12H2,1-3H3. The van der Waals surface area contributed by atoms with Crippen LogP contribution >= 0.6 is 11.8 Å². The predicted molar refractivity (Wildman–Crippen MR) is 96.9 cm³/mol. The van der Waals surface area contributed by atoms with Crippen LogP contribution in [-0.4, -0.2) is 42.4 Å². The van der Waals surface area contributed by atoms with Crippen LogP contribution in [0.1, 0.15) is 33.6 Å². The summed E-state index contributed by atoms with van der Waals surface area (Å²) in [6.45, 7) is 9.61. The molecule has 3 rings (SSSR count). The summed E-state index contributed by atoms with van der Waals surface area (Å²) in [5.41, 5.74) is 0. The van der Waals surface area contributed by atoms with Gasteiger partial charge in [-0.15, -0.1) is 11.8 Å². The van der Waals surface area contributed by atoms with Crippen LogP contribution in [-0.2, 0) is 4.79 Å². The summed E-state index contributed by atoms with van der Waals surface area (Å²) in [7, 11) is 0. The van der Waals surface area contributed by atoms with E-state index in [0.717, 1.165) is 35.9 Å². The quantitative estimate of drug-likeness (QED) is 0.778. The maximum absolute atomic E-state index is 12.8. The van der Waals surface area contributed by atoms with Crippen LogP contribution in [0, 0.1) is 11.8 Å². The molecule has 5 heteroatoms. The number of hydrogen-bond acceptors (Lipinski definition) is 4. The number of thioether (sulfide) groups is 1. The smallest absolute Gasteiger partial charge is 0.235 e. The van der Waals surface area contributed by atoms with Gasteiger partial charge < -0.3 is 14.4 Å². The van der Waals surface area contributed by atoms with Crippen molar-refractivity contribution in [1.82, 2.24) is 4.90 Å². The van der Waals surface area contributed by atoms with E-state index in [1.54, 1.807) is 11.8 Å². The normalized spacial score (nSPS) is 25.0. The van der Waals surface area contributed by atoms with Gasteiger partial charge in [0.2, 0.25) is 5.91 Å². The zero-order chi connectivity index (χ0) is 17.1. The molecule has 2 heterocycles. The molecule has 0 spiro atoms. The molecule has 1 saturated heterocycles. The van der Waals surface area contributed by atoms with E-state index < -0.39 is 0 Å². The molecule has 1 amide bonds. The van der Waals surface area contributed by atoms with E-state index in [2.05, 4.69) is 13.8 Å². The van der Waals surface area contributed by atoms with Gasteiger partial charge in [0, 0.05) is 24.4 Å². The Balaban J connectivity index is 1.64. The van der Waals surface area contributed by atoms with Gasteiger partial charge in [0.15, 0.2) is 11.5 Å². The zero-order valence-corrected chi connectivity index (χ0v) is 15.6. The number of piperidine rings is 1. The van der Waals surface area contributed by atoms with Gasteiger partial charge in [0.05, 0.1) is 18.5 Å². The Bertz CT molecular complexity index is 582. The summed E-state index contributed by atoms with van der Waals surface area (Å²) in [5.74, 6) is 3.01. The van der Waals surface area contributed by atoms with Gasteiger partial charge in [-0.05, 0) is 43.4 Å². The summed E-state index contributed by atoms with van der Waals surface area (Å²) in [4.78, 5) is 15.9. The SMILES string of the molecule is CC1CC(C)CN(C(=O)C(C)Sc2ccc3c(c2)OCCCO3)C1. The highest BCUT2D eigenvalue weighted by Crippen LogP contribution is 2.36. The summed E-state index contributed by atoms with van der Waals surface area (Å²) in [5, 5.41) is -0.0905. The van der Waals surface area contributed by atoms with Crippen molar-refractivity contribution in [3.05, 3.63) is 18.2 Å². The van der Waals surface area contributed by atoms with E-state index >= 15 is 0 Å². The Hall–Kier alpha value is -1.36. The number of carbonyl (C=O) groups excluding carboxylic acids is 1. The molecule has 2 aliphatic heterocycles. The monoisotopic (exact) mass is 349 g/mol. The van der Waals surface area contributed by atoms with Gasteiger partial charge in [-0.1, -0.05) is 13.8 Å². The van der Waals surface area contributed by atoms with Gasteiger partial charge in [0.1, 0.15) is 0 Å². The van der Waals surface area contributed by atoms with Crippen molar-refractivity contribution >= 4 is 17.7 Å². The summed E-state index contributed by atoms with van der Waals surface area (Å²) in [6, 6.07) is 5.96. The van der Waals surface area contributed by atoms with Crippen molar-refractivity contribution < 1.29 is 14.3 Å². The molecular formula is C19H27NO3S. The first-order valence-electron chi connectivity index (χ1n) is 8.88. The first kappa shape index (κ1) is 17.5. The Labute approximate surface area is 148 Å². The minimum Gasteiger partial charge on any atom is -0.490 e. The molecule has 0 radical (unpaired) electrons. The van der Waals surface area contributed by atoms with Crippen LogP contribution in [0.15, 0.2) is 23.1 Å². The number of likely N-dealkylation sites (tertiary alicyclic amines) is 1. The maximum atomic E-state index is 12.8. The van der Waals surface area contributed by atoms with E-state index in [-0.39, 0.29) is 11.2 Å². The molecule has 1 fully saturated rings. The fourth-order valence-electron chi connectivity index (χ4n) is 3.57. The van der Waals surface area contributed by atoms with Gasteiger partial charge in [0.25, 0.3) is 0 Å². The number of nitrogens with zero attached hydrogens (tertiary/aromatic N) is 1. The fourth-order valence-corrected chi connectivity index (χ4v) is 4.55. The number of carbonyl (C=O) groups is 1. The highest BCUT2D eigenvalue weighted by atomic mass is 32.2. The van der Waals surface area contributed by atoms with Crippen molar-refractivity contribution in [3.63, 3.8) is 0 Å². The van der Waals surface area contributed by atoms with Crippen LogP contribution in [0.5, 0.6) is 11.5 Å². The maximum Gasteiger partial charge on any atom is 0.235 e. The number of rotatable bonds is 3. The highest BCUT2D eigenvalue weighted by Gasteiger charge is 2.28. The predicted octanol–water partition coefficient (Wildman–Crippen LogP) is 3.83. The Morgan fingerprint density at radius 3 is 2.54 bits per heavy atom. The van der Waals surface area contributed by atoms with Crippen molar-refractivity contribution in [3.8, 4) is 11.5 Å². The van der Waals surface area contributed by atoms with Crippen molar-refractivity contribution in [2.45, 2.75) is 43.8 Å². The molecule has 0 N–H and O–H groups in total. The lowest BCUT2D eigenvalue weighted by atomic mass is 9.92. The fraction of sp³-hybridized carbons (Fsp3) is 0.632. The lowest BCUT2D eigenvalue weighted by Crippen LogP contribution is -2.45. The van der Waals surface area contributed by atoms with Crippen LogP contribution < -0.4 is 9.47 Å². The first-order valence-corrected chi connectivity index (χ1v) is 9.76. The van der Waals surface area contributed by atoms with E-state index in [0.29, 0.717) is 25.0 Å². The number of fused-ring (bicyclic) bond motifs is 1. The van der Waals surface area contributed by atoms with E-state index in [4.69, 9.17) is 9.47 Å². The molecule has 132 valence electrons. The Morgan fingerprint density at radius 2 is 1.83 bits per heavy atom. The molecule has 0 saturated carbocycles. The minimum absolute atomic E-state index is 0.0905. The van der Waals surface area contributed by atoms with E-state index in [1.807, 2.05) is 30.0 Å². The van der Waals surface area contributed by atoms with Gasteiger partial charge >= 0.3 is 0 Å². The third-order valence-corrected chi connectivity index (χ3v) is 5.64. The number of ether oxygens (including phenoxy) is 2. The molecule has 0 bridgehead atoms. The van der Waals surface area contributed by atoms with E-state index in [9.17, 15) is 4.79 Å². The van der Waals surface area contributed by atoms with E-state index in [1.165, 1.54) is 6.42 Å². The van der Waals surface area contributed by atoms with Crippen molar-refractivity contribution in [2.24, 2.45) is 11.8 Å². The molecule has 24 heavy (non-hydrogen) atoms.